The molecule has 5 atom stereocenters. The fourth-order valence-electron chi connectivity index (χ4n) is 2.49. The molecule has 23 heavy (non-hydrogen) atoms. The molecule has 1 aliphatic heterocycles. The maximum Gasteiger partial charge on any atom is 0.230 e. The first-order valence-electron chi connectivity index (χ1n) is 6.85. The molecule has 0 saturated carbocycles. The molecule has 3 rings (SSSR count). The van der Waals surface area contributed by atoms with E-state index in [0.29, 0.717) is 20.9 Å². The molecule has 0 radical (unpaired) electrons. The predicted molar refractivity (Wildman–Crippen MR) is 82.7 cm³/mol. The van der Waals surface area contributed by atoms with Crippen molar-refractivity contribution in [3.8, 4) is 5.88 Å². The van der Waals surface area contributed by atoms with E-state index < -0.39 is 37.3 Å². The zero-order chi connectivity index (χ0) is 16.7. The molecule has 1 aromatic carbocycles. The molecule has 0 amide bonds. The summed E-state index contributed by atoms with van der Waals surface area (Å²) in [6.45, 7) is -0.529. The van der Waals surface area contributed by atoms with E-state index in [1.165, 1.54) is 0 Å². The average molecular weight is 364 g/mol. The van der Waals surface area contributed by atoms with Crippen LogP contribution in [-0.2, 0) is 4.74 Å². The Hall–Kier alpha value is -1.06. The van der Waals surface area contributed by atoms with Crippen molar-refractivity contribution in [2.24, 2.45) is 0 Å². The standard InChI is InChI=1S/C14H15Cl2NO6/c15-5-1-7(16)6-3-10(17-8(6)2-5)23-14-13(21)12(20)11(19)9(4-18)22-14/h1-3,9,11-14,17-21H,4H2/t9-,11+,12+,13-,14+/m1/s1. The third kappa shape index (κ3) is 3.14. The number of ether oxygens (including phenoxy) is 2. The third-order valence-corrected chi connectivity index (χ3v) is 4.25. The topological polar surface area (TPSA) is 115 Å². The van der Waals surface area contributed by atoms with E-state index in [0.717, 1.165) is 0 Å². The fourth-order valence-corrected chi connectivity index (χ4v) is 3.04. The maximum atomic E-state index is 9.95. The minimum absolute atomic E-state index is 0.230. The van der Waals surface area contributed by atoms with Crippen molar-refractivity contribution in [1.82, 2.24) is 4.98 Å². The number of hydrogen-bond acceptors (Lipinski definition) is 6. The van der Waals surface area contributed by atoms with Gasteiger partial charge < -0.3 is 34.9 Å². The molecule has 1 aromatic heterocycles. The first-order chi connectivity index (χ1) is 10.9. The minimum Gasteiger partial charge on any atom is -0.447 e. The molecular formula is C14H15Cl2NO6. The van der Waals surface area contributed by atoms with Gasteiger partial charge in [0.1, 0.15) is 24.4 Å². The Morgan fingerprint density at radius 1 is 1.09 bits per heavy atom. The van der Waals surface area contributed by atoms with Crippen LogP contribution in [-0.4, -0.2) is 62.7 Å². The lowest BCUT2D eigenvalue weighted by Gasteiger charge is -2.39. The number of benzene rings is 1. The normalized spacial score (nSPS) is 31.5. The molecule has 1 saturated heterocycles. The van der Waals surface area contributed by atoms with E-state index in [1.807, 2.05) is 0 Å². The summed E-state index contributed by atoms with van der Waals surface area (Å²) in [5, 5.41) is 40.1. The first kappa shape index (κ1) is 16.8. The second kappa shape index (κ2) is 6.45. The highest BCUT2D eigenvalue weighted by Gasteiger charge is 2.44. The lowest BCUT2D eigenvalue weighted by molar-refractivity contribution is -0.278. The van der Waals surface area contributed by atoms with Crippen molar-refractivity contribution in [2.75, 3.05) is 6.61 Å². The monoisotopic (exact) mass is 363 g/mol. The number of aliphatic hydroxyl groups is 4. The zero-order valence-corrected chi connectivity index (χ0v) is 13.2. The Balaban J connectivity index is 1.85. The van der Waals surface area contributed by atoms with Crippen molar-refractivity contribution < 1.29 is 29.9 Å². The highest BCUT2D eigenvalue weighted by atomic mass is 35.5. The van der Waals surface area contributed by atoms with Gasteiger partial charge in [0.05, 0.1) is 17.1 Å². The van der Waals surface area contributed by atoms with Crippen LogP contribution >= 0.6 is 23.2 Å². The van der Waals surface area contributed by atoms with E-state index in [2.05, 4.69) is 4.98 Å². The summed E-state index contributed by atoms with van der Waals surface area (Å²) in [5.74, 6) is 0.230. The van der Waals surface area contributed by atoms with Gasteiger partial charge in [-0.1, -0.05) is 23.2 Å². The van der Waals surface area contributed by atoms with E-state index in [9.17, 15) is 15.3 Å². The van der Waals surface area contributed by atoms with Crippen molar-refractivity contribution in [1.29, 1.82) is 0 Å². The lowest BCUT2D eigenvalue weighted by atomic mass is 9.99. The van der Waals surface area contributed by atoms with Crippen LogP contribution in [0.4, 0.5) is 0 Å². The van der Waals surface area contributed by atoms with Crippen molar-refractivity contribution in [3.63, 3.8) is 0 Å². The fraction of sp³-hybridized carbons (Fsp3) is 0.429. The second-order valence-corrected chi connectivity index (χ2v) is 6.14. The largest absolute Gasteiger partial charge is 0.447 e. The Kier molecular flexibility index (Phi) is 4.70. The van der Waals surface area contributed by atoms with E-state index in [1.54, 1.807) is 18.2 Å². The van der Waals surface area contributed by atoms with Crippen LogP contribution in [0.1, 0.15) is 0 Å². The SMILES string of the molecule is OC[C@H]1O[C@@H](Oc2cc3c(Cl)cc(Cl)cc3[nH]2)[C@H](O)[C@@H](O)[C@H]1O. The number of nitrogens with one attached hydrogen (secondary N) is 1. The molecule has 1 fully saturated rings. The third-order valence-electron chi connectivity index (χ3n) is 3.72. The predicted octanol–water partition coefficient (Wildman–Crippen LogP) is 0.653. The first-order valence-corrected chi connectivity index (χ1v) is 7.61. The lowest BCUT2D eigenvalue weighted by Crippen LogP contribution is -2.60. The van der Waals surface area contributed by atoms with Crippen LogP contribution in [0.2, 0.25) is 10.0 Å². The molecule has 5 N–H and O–H groups in total. The zero-order valence-electron chi connectivity index (χ0n) is 11.7. The van der Waals surface area contributed by atoms with Gasteiger partial charge in [0.2, 0.25) is 6.29 Å². The Bertz CT molecular complexity index is 706. The van der Waals surface area contributed by atoms with Crippen LogP contribution in [0.25, 0.3) is 10.9 Å². The molecule has 0 bridgehead atoms. The van der Waals surface area contributed by atoms with Crippen molar-refractivity contribution in [2.45, 2.75) is 30.7 Å². The molecule has 2 aromatic rings. The number of halogens is 2. The van der Waals surface area contributed by atoms with Crippen LogP contribution < -0.4 is 4.74 Å². The van der Waals surface area contributed by atoms with Gasteiger partial charge in [-0.05, 0) is 12.1 Å². The molecule has 1 aliphatic rings. The summed E-state index contributed by atoms with van der Waals surface area (Å²) in [5.41, 5.74) is 0.627. The minimum atomic E-state index is -1.51. The van der Waals surface area contributed by atoms with Crippen LogP contribution in [0, 0.1) is 0 Å². The Morgan fingerprint density at radius 2 is 1.83 bits per heavy atom. The summed E-state index contributed by atoms with van der Waals surface area (Å²) in [4.78, 5) is 2.92. The molecule has 126 valence electrons. The van der Waals surface area contributed by atoms with E-state index >= 15 is 0 Å². The highest BCUT2D eigenvalue weighted by Crippen LogP contribution is 2.32. The summed E-state index contributed by atoms with van der Waals surface area (Å²) in [6, 6.07) is 4.83. The van der Waals surface area contributed by atoms with Gasteiger partial charge >= 0.3 is 0 Å². The number of aromatic nitrogens is 1. The number of rotatable bonds is 3. The van der Waals surface area contributed by atoms with Gasteiger partial charge in [-0.25, -0.2) is 0 Å². The number of hydrogen-bond donors (Lipinski definition) is 5. The van der Waals surface area contributed by atoms with Crippen LogP contribution in [0.15, 0.2) is 18.2 Å². The van der Waals surface area contributed by atoms with Gasteiger partial charge in [0.25, 0.3) is 0 Å². The number of aliphatic hydroxyl groups excluding tert-OH is 4. The highest BCUT2D eigenvalue weighted by molar-refractivity contribution is 6.38. The molecule has 0 spiro atoms. The van der Waals surface area contributed by atoms with Gasteiger partial charge in [-0.15, -0.1) is 0 Å². The summed E-state index contributed by atoms with van der Waals surface area (Å²) >= 11 is 12.0. The van der Waals surface area contributed by atoms with E-state index in [-0.39, 0.29) is 5.88 Å². The van der Waals surface area contributed by atoms with Crippen molar-refractivity contribution in [3.05, 3.63) is 28.2 Å². The molecule has 0 unspecified atom stereocenters. The maximum absolute atomic E-state index is 9.95. The molecule has 7 nitrogen and oxygen atoms in total. The van der Waals surface area contributed by atoms with Crippen LogP contribution in [0.3, 0.4) is 0 Å². The Morgan fingerprint density at radius 3 is 2.52 bits per heavy atom. The van der Waals surface area contributed by atoms with Crippen molar-refractivity contribution >= 4 is 34.1 Å². The Labute approximate surface area is 141 Å². The molecular weight excluding hydrogens is 349 g/mol. The van der Waals surface area contributed by atoms with Gasteiger partial charge in [-0.2, -0.15) is 0 Å². The molecule has 0 aliphatic carbocycles. The summed E-state index contributed by atoms with van der Waals surface area (Å²) in [7, 11) is 0. The van der Waals surface area contributed by atoms with Crippen LogP contribution in [0.5, 0.6) is 5.88 Å². The molecule has 9 heteroatoms. The summed E-state index contributed by atoms with van der Waals surface area (Å²) < 4.78 is 10.8. The van der Waals surface area contributed by atoms with E-state index in [4.69, 9.17) is 37.8 Å². The summed E-state index contributed by atoms with van der Waals surface area (Å²) in [6.07, 6.45) is -6.74. The van der Waals surface area contributed by atoms with Gasteiger partial charge in [0, 0.05) is 16.5 Å². The molecule has 2 heterocycles. The van der Waals surface area contributed by atoms with Gasteiger partial charge in [-0.3, -0.25) is 0 Å². The number of H-pyrrole nitrogens is 1. The van der Waals surface area contributed by atoms with Gasteiger partial charge in [0.15, 0.2) is 5.88 Å². The average Bonchev–Trinajstić information content (AvgIpc) is 2.90. The second-order valence-electron chi connectivity index (χ2n) is 5.30. The number of fused-ring (bicyclic) bond motifs is 1. The number of aromatic amines is 1. The smallest absolute Gasteiger partial charge is 0.230 e. The quantitative estimate of drug-likeness (QED) is 0.547.